The molecule has 0 aromatic heterocycles. The average molecular weight is 140 g/mol. The Morgan fingerprint density at radius 3 is 2.20 bits per heavy atom. The van der Waals surface area contributed by atoms with Crippen LogP contribution in [0.3, 0.4) is 0 Å². The molecule has 3 heteroatoms. The van der Waals surface area contributed by atoms with E-state index in [1.807, 2.05) is 0 Å². The third-order valence-corrected chi connectivity index (χ3v) is 2.71. The highest BCUT2D eigenvalue weighted by Gasteiger charge is 2.42. The molecule has 2 fully saturated rings. The van der Waals surface area contributed by atoms with Crippen molar-refractivity contribution in [3.05, 3.63) is 0 Å². The predicted molar refractivity (Wildman–Crippen MR) is 37.3 cm³/mol. The molecule has 2 N–H and O–H groups in total. The molecule has 2 saturated heterocycles. The maximum atomic E-state index is 10.8. The van der Waals surface area contributed by atoms with E-state index < -0.39 is 0 Å². The molecule has 2 heterocycles. The molecule has 3 nitrogen and oxygen atoms in total. The molecular formula is C7H12N2O. The van der Waals surface area contributed by atoms with Crippen LogP contribution in [0.15, 0.2) is 0 Å². The number of rotatable bonds is 1. The zero-order valence-corrected chi connectivity index (χ0v) is 5.92. The normalized spacial score (nSPS) is 44.2. The first kappa shape index (κ1) is 6.16. The van der Waals surface area contributed by atoms with Gasteiger partial charge in [-0.25, -0.2) is 0 Å². The van der Waals surface area contributed by atoms with Crippen molar-refractivity contribution in [2.24, 2.45) is 11.7 Å². The number of nitrogens with zero attached hydrogens (tertiary/aromatic N) is 1. The van der Waals surface area contributed by atoms with Crippen molar-refractivity contribution in [1.29, 1.82) is 0 Å². The molecule has 2 aliphatic heterocycles. The molecule has 0 aliphatic carbocycles. The molecule has 0 spiro atoms. The van der Waals surface area contributed by atoms with E-state index in [-0.39, 0.29) is 11.9 Å². The summed E-state index contributed by atoms with van der Waals surface area (Å²) in [7, 11) is 0. The Bertz CT molecular complexity index is 149. The molecular weight excluding hydrogens is 128 g/mol. The summed E-state index contributed by atoms with van der Waals surface area (Å²) in [5.41, 5.74) is 5.24. The fourth-order valence-electron chi connectivity index (χ4n) is 2.22. The predicted octanol–water partition coefficient (Wildman–Crippen LogP) is -0.434. The Kier molecular flexibility index (Phi) is 1.20. The van der Waals surface area contributed by atoms with Crippen molar-refractivity contribution in [2.45, 2.75) is 18.9 Å². The molecule has 2 rings (SSSR count). The lowest BCUT2D eigenvalue weighted by Crippen LogP contribution is -2.38. The molecule has 10 heavy (non-hydrogen) atoms. The second-order valence-electron chi connectivity index (χ2n) is 3.22. The van der Waals surface area contributed by atoms with E-state index in [1.165, 1.54) is 12.8 Å². The largest absolute Gasteiger partial charge is 0.368 e. The van der Waals surface area contributed by atoms with Gasteiger partial charge in [0.1, 0.15) is 0 Å². The zero-order valence-electron chi connectivity index (χ0n) is 5.92. The standard InChI is InChI=1S/C7H12N2O/c8-7(10)6-5-1-3-9(6)4-2-5/h5-6H,1-4H2,(H2,8,10). The van der Waals surface area contributed by atoms with Crippen LogP contribution in [0.2, 0.25) is 0 Å². The Balaban J connectivity index is 2.16. The van der Waals surface area contributed by atoms with Crippen LogP contribution in [0.1, 0.15) is 12.8 Å². The van der Waals surface area contributed by atoms with Crippen molar-refractivity contribution in [2.75, 3.05) is 13.1 Å². The number of amides is 1. The van der Waals surface area contributed by atoms with Gasteiger partial charge in [0.25, 0.3) is 0 Å². The monoisotopic (exact) mass is 140 g/mol. The van der Waals surface area contributed by atoms with Crippen LogP contribution in [0.5, 0.6) is 0 Å². The number of carbonyl (C=O) groups is 1. The molecule has 0 aromatic carbocycles. The third kappa shape index (κ3) is 0.669. The first-order valence-corrected chi connectivity index (χ1v) is 3.82. The van der Waals surface area contributed by atoms with Gasteiger partial charge >= 0.3 is 0 Å². The Hall–Kier alpha value is -0.570. The van der Waals surface area contributed by atoms with Crippen LogP contribution < -0.4 is 5.73 Å². The number of piperidine rings is 1. The Morgan fingerprint density at radius 1 is 1.40 bits per heavy atom. The second-order valence-corrected chi connectivity index (χ2v) is 3.22. The second kappa shape index (κ2) is 1.95. The summed E-state index contributed by atoms with van der Waals surface area (Å²) in [6.45, 7) is 2.16. The lowest BCUT2D eigenvalue weighted by molar-refractivity contribution is -0.122. The Morgan fingerprint density at radius 2 is 2.00 bits per heavy atom. The summed E-state index contributed by atoms with van der Waals surface area (Å²) in [5.74, 6) is 0.456. The van der Waals surface area contributed by atoms with Gasteiger partial charge < -0.3 is 5.73 Å². The van der Waals surface area contributed by atoms with Gasteiger partial charge in [0.2, 0.25) is 5.91 Å². The molecule has 0 radical (unpaired) electrons. The van der Waals surface area contributed by atoms with E-state index in [0.717, 1.165) is 13.1 Å². The number of nitrogens with two attached hydrogens (primary N) is 1. The first-order chi connectivity index (χ1) is 4.79. The number of carbonyl (C=O) groups excluding carboxylic acids is 1. The fourth-order valence-corrected chi connectivity index (χ4v) is 2.22. The van der Waals surface area contributed by atoms with Crippen molar-refractivity contribution in [3.63, 3.8) is 0 Å². The lowest BCUT2D eigenvalue weighted by atomic mass is 9.99. The number of hydrogen-bond donors (Lipinski definition) is 1. The number of fused-ring (bicyclic) bond motifs is 2. The molecule has 0 saturated carbocycles. The van der Waals surface area contributed by atoms with Crippen molar-refractivity contribution >= 4 is 5.91 Å². The van der Waals surface area contributed by atoms with Gasteiger partial charge in [-0.2, -0.15) is 0 Å². The quantitative estimate of drug-likeness (QED) is 0.537. The topological polar surface area (TPSA) is 46.3 Å². The van der Waals surface area contributed by atoms with Crippen LogP contribution in [0.4, 0.5) is 0 Å². The van der Waals surface area contributed by atoms with Gasteiger partial charge in [0, 0.05) is 0 Å². The average Bonchev–Trinajstić information content (AvgIpc) is 2.43. The van der Waals surface area contributed by atoms with E-state index in [2.05, 4.69) is 4.90 Å². The van der Waals surface area contributed by atoms with Crippen LogP contribution in [0.25, 0.3) is 0 Å². The van der Waals surface area contributed by atoms with Crippen LogP contribution >= 0.6 is 0 Å². The minimum absolute atomic E-state index is 0.0833. The van der Waals surface area contributed by atoms with Gasteiger partial charge in [-0.15, -0.1) is 0 Å². The van der Waals surface area contributed by atoms with Gasteiger partial charge in [0.15, 0.2) is 0 Å². The van der Waals surface area contributed by atoms with E-state index in [1.54, 1.807) is 0 Å². The van der Waals surface area contributed by atoms with Gasteiger partial charge in [-0.1, -0.05) is 0 Å². The summed E-state index contributed by atoms with van der Waals surface area (Å²) in [6.07, 6.45) is 2.35. The third-order valence-electron chi connectivity index (χ3n) is 2.71. The van der Waals surface area contributed by atoms with E-state index in [0.29, 0.717) is 5.92 Å². The van der Waals surface area contributed by atoms with Gasteiger partial charge in [-0.05, 0) is 31.8 Å². The minimum atomic E-state index is -0.125. The minimum Gasteiger partial charge on any atom is -0.368 e. The number of hydrogen-bond acceptors (Lipinski definition) is 2. The molecule has 2 aliphatic rings. The van der Waals surface area contributed by atoms with Crippen LogP contribution in [-0.4, -0.2) is 29.9 Å². The smallest absolute Gasteiger partial charge is 0.235 e. The molecule has 56 valence electrons. The van der Waals surface area contributed by atoms with Crippen molar-refractivity contribution < 1.29 is 4.79 Å². The maximum Gasteiger partial charge on any atom is 0.235 e. The first-order valence-electron chi connectivity index (χ1n) is 3.82. The summed E-state index contributed by atoms with van der Waals surface area (Å²) >= 11 is 0. The summed E-state index contributed by atoms with van der Waals surface area (Å²) in [5, 5.41) is 0. The Labute approximate surface area is 60.2 Å². The summed E-state index contributed by atoms with van der Waals surface area (Å²) < 4.78 is 0. The highest BCUT2D eigenvalue weighted by molar-refractivity contribution is 5.81. The zero-order chi connectivity index (χ0) is 7.14. The van der Waals surface area contributed by atoms with Crippen molar-refractivity contribution in [1.82, 2.24) is 4.90 Å². The van der Waals surface area contributed by atoms with Gasteiger partial charge in [0.05, 0.1) is 6.04 Å². The lowest BCUT2D eigenvalue weighted by Gasteiger charge is -2.14. The summed E-state index contributed by atoms with van der Waals surface area (Å²) in [6, 6.07) is 0.0833. The molecule has 2 bridgehead atoms. The summed E-state index contributed by atoms with van der Waals surface area (Å²) in [4.78, 5) is 13.0. The van der Waals surface area contributed by atoms with Crippen LogP contribution in [-0.2, 0) is 4.79 Å². The molecule has 1 amide bonds. The van der Waals surface area contributed by atoms with E-state index in [9.17, 15) is 4.79 Å². The molecule has 1 atom stereocenters. The highest BCUT2D eigenvalue weighted by atomic mass is 16.1. The van der Waals surface area contributed by atoms with Gasteiger partial charge in [-0.3, -0.25) is 9.69 Å². The SMILES string of the molecule is NC(=O)C1C2CCN1CC2. The fraction of sp³-hybridized carbons (Fsp3) is 0.857. The van der Waals surface area contributed by atoms with E-state index in [4.69, 9.17) is 5.73 Å². The van der Waals surface area contributed by atoms with E-state index >= 15 is 0 Å². The maximum absolute atomic E-state index is 10.8. The van der Waals surface area contributed by atoms with Crippen LogP contribution in [0, 0.1) is 5.92 Å². The molecule has 1 unspecified atom stereocenters. The highest BCUT2D eigenvalue weighted by Crippen LogP contribution is 2.33. The molecule has 0 aromatic rings. The van der Waals surface area contributed by atoms with Crippen molar-refractivity contribution in [3.8, 4) is 0 Å². The number of primary amides is 1.